The minimum absolute atomic E-state index is 0.0229. The Morgan fingerprint density at radius 2 is 2.29 bits per heavy atom. The number of benzene rings is 1. The normalized spacial score (nSPS) is 12.3. The van der Waals surface area contributed by atoms with E-state index in [2.05, 4.69) is 20.8 Å². The third kappa shape index (κ3) is 3.07. The van der Waals surface area contributed by atoms with Gasteiger partial charge in [-0.05, 0) is 47.7 Å². The Kier molecular flexibility index (Phi) is 3.63. The van der Waals surface area contributed by atoms with Gasteiger partial charge in [-0.3, -0.25) is 0 Å². The number of tetrazole rings is 1. The molecule has 0 bridgehead atoms. The Bertz CT molecular complexity index is 696. The van der Waals surface area contributed by atoms with Gasteiger partial charge in [0.1, 0.15) is 17.9 Å². The first kappa shape index (κ1) is 13.3. The van der Waals surface area contributed by atoms with Crippen molar-refractivity contribution >= 4 is 5.69 Å². The number of halogens is 1. The zero-order valence-corrected chi connectivity index (χ0v) is 11.4. The van der Waals surface area contributed by atoms with E-state index in [0.29, 0.717) is 17.8 Å². The maximum atomic E-state index is 13.9. The lowest BCUT2D eigenvalue weighted by Crippen LogP contribution is -2.18. The van der Waals surface area contributed by atoms with Crippen LogP contribution in [-0.2, 0) is 6.42 Å². The number of rotatable bonds is 5. The van der Waals surface area contributed by atoms with Crippen LogP contribution in [0.3, 0.4) is 0 Å². The molecule has 1 atom stereocenters. The monoisotopic (exact) mass is 287 g/mol. The van der Waals surface area contributed by atoms with Crippen LogP contribution in [0.2, 0.25) is 0 Å². The molecule has 0 saturated carbocycles. The predicted molar refractivity (Wildman–Crippen MR) is 74.6 cm³/mol. The van der Waals surface area contributed by atoms with Crippen molar-refractivity contribution < 1.29 is 8.81 Å². The van der Waals surface area contributed by atoms with Crippen LogP contribution in [0.5, 0.6) is 0 Å². The summed E-state index contributed by atoms with van der Waals surface area (Å²) in [6.07, 6.45) is 3.76. The molecule has 0 aliphatic rings. The summed E-state index contributed by atoms with van der Waals surface area (Å²) in [5.41, 5.74) is 1.09. The Hall–Kier alpha value is -2.70. The molecule has 2 aromatic heterocycles. The molecule has 3 aromatic rings. The van der Waals surface area contributed by atoms with E-state index in [9.17, 15) is 4.39 Å². The fourth-order valence-corrected chi connectivity index (χ4v) is 2.09. The highest BCUT2D eigenvalue weighted by atomic mass is 19.1. The highest BCUT2D eigenvalue weighted by molar-refractivity contribution is 5.52. The van der Waals surface area contributed by atoms with Crippen molar-refractivity contribution in [2.75, 3.05) is 5.32 Å². The SMILES string of the molecule is CC(Cc1ccco1)Nc1cc(-n2cnnn2)ccc1F. The molecule has 0 fully saturated rings. The van der Waals surface area contributed by atoms with Gasteiger partial charge in [0, 0.05) is 12.5 Å². The van der Waals surface area contributed by atoms with E-state index in [-0.39, 0.29) is 11.9 Å². The van der Waals surface area contributed by atoms with Crippen molar-refractivity contribution in [3.05, 3.63) is 54.5 Å². The molecule has 7 heteroatoms. The molecule has 108 valence electrons. The van der Waals surface area contributed by atoms with Gasteiger partial charge in [-0.25, -0.2) is 9.07 Å². The van der Waals surface area contributed by atoms with Crippen LogP contribution in [0.1, 0.15) is 12.7 Å². The summed E-state index contributed by atoms with van der Waals surface area (Å²) in [7, 11) is 0. The molecule has 1 aromatic carbocycles. The molecule has 0 aliphatic carbocycles. The lowest BCUT2D eigenvalue weighted by Gasteiger charge is -2.15. The molecular formula is C14H14FN5O. The molecule has 0 spiro atoms. The molecule has 6 nitrogen and oxygen atoms in total. The van der Waals surface area contributed by atoms with Gasteiger partial charge < -0.3 is 9.73 Å². The summed E-state index contributed by atoms with van der Waals surface area (Å²) in [5.74, 6) is 0.533. The zero-order valence-electron chi connectivity index (χ0n) is 11.4. The van der Waals surface area contributed by atoms with Gasteiger partial charge in [0.05, 0.1) is 17.6 Å². The van der Waals surface area contributed by atoms with E-state index >= 15 is 0 Å². The standard InChI is InChI=1S/C14H14FN5O/c1-10(7-12-3-2-6-21-12)17-14-8-11(4-5-13(14)15)20-9-16-18-19-20/h2-6,8-10,17H,7H2,1H3. The number of nitrogens with zero attached hydrogens (tertiary/aromatic N) is 4. The smallest absolute Gasteiger partial charge is 0.146 e. The Balaban J connectivity index is 1.76. The van der Waals surface area contributed by atoms with Gasteiger partial charge in [0.15, 0.2) is 0 Å². The van der Waals surface area contributed by atoms with Crippen molar-refractivity contribution in [2.45, 2.75) is 19.4 Å². The first-order valence-corrected chi connectivity index (χ1v) is 6.54. The number of nitrogens with one attached hydrogen (secondary N) is 1. The number of aromatic nitrogens is 4. The minimum Gasteiger partial charge on any atom is -0.469 e. The molecule has 0 amide bonds. The van der Waals surface area contributed by atoms with E-state index in [0.717, 1.165) is 5.76 Å². The van der Waals surface area contributed by atoms with Gasteiger partial charge in [0.25, 0.3) is 0 Å². The molecule has 0 aliphatic heterocycles. The predicted octanol–water partition coefficient (Wildman–Crippen LogP) is 2.44. The molecule has 21 heavy (non-hydrogen) atoms. The average Bonchev–Trinajstić information content (AvgIpc) is 3.14. The van der Waals surface area contributed by atoms with E-state index in [1.165, 1.54) is 17.1 Å². The molecule has 1 N–H and O–H groups in total. The van der Waals surface area contributed by atoms with Gasteiger partial charge in [-0.15, -0.1) is 5.10 Å². The number of anilines is 1. The van der Waals surface area contributed by atoms with Crippen LogP contribution in [-0.4, -0.2) is 26.2 Å². The second-order valence-corrected chi connectivity index (χ2v) is 4.75. The third-order valence-electron chi connectivity index (χ3n) is 3.05. The van der Waals surface area contributed by atoms with Crippen molar-refractivity contribution in [2.24, 2.45) is 0 Å². The first-order valence-electron chi connectivity index (χ1n) is 6.54. The topological polar surface area (TPSA) is 68.8 Å². The fourth-order valence-electron chi connectivity index (χ4n) is 2.09. The van der Waals surface area contributed by atoms with Crippen LogP contribution in [0.4, 0.5) is 10.1 Å². The molecule has 0 saturated heterocycles. The van der Waals surface area contributed by atoms with E-state index in [1.807, 2.05) is 19.1 Å². The number of hydrogen-bond donors (Lipinski definition) is 1. The number of hydrogen-bond acceptors (Lipinski definition) is 5. The average molecular weight is 287 g/mol. The molecule has 3 rings (SSSR count). The quantitative estimate of drug-likeness (QED) is 0.780. The van der Waals surface area contributed by atoms with E-state index in [1.54, 1.807) is 18.4 Å². The van der Waals surface area contributed by atoms with Crippen LogP contribution in [0, 0.1) is 5.82 Å². The van der Waals surface area contributed by atoms with Crippen LogP contribution >= 0.6 is 0 Å². The minimum atomic E-state index is -0.321. The van der Waals surface area contributed by atoms with E-state index in [4.69, 9.17) is 4.42 Å². The fraction of sp³-hybridized carbons (Fsp3) is 0.214. The first-order chi connectivity index (χ1) is 10.2. The molecule has 1 unspecified atom stereocenters. The Labute approximate surface area is 120 Å². The molecule has 2 heterocycles. The van der Waals surface area contributed by atoms with Gasteiger partial charge in [0.2, 0.25) is 0 Å². The lowest BCUT2D eigenvalue weighted by molar-refractivity contribution is 0.497. The summed E-state index contributed by atoms with van der Waals surface area (Å²) in [6.45, 7) is 1.96. The highest BCUT2D eigenvalue weighted by Gasteiger charge is 2.10. The highest BCUT2D eigenvalue weighted by Crippen LogP contribution is 2.20. The van der Waals surface area contributed by atoms with Crippen molar-refractivity contribution in [1.82, 2.24) is 20.2 Å². The Morgan fingerprint density at radius 1 is 1.38 bits per heavy atom. The molecule has 0 radical (unpaired) electrons. The summed E-state index contributed by atoms with van der Waals surface area (Å²) in [5, 5.41) is 14.1. The second-order valence-electron chi connectivity index (χ2n) is 4.75. The maximum absolute atomic E-state index is 13.9. The van der Waals surface area contributed by atoms with Crippen LogP contribution in [0.25, 0.3) is 5.69 Å². The number of furan rings is 1. The molecular weight excluding hydrogens is 273 g/mol. The van der Waals surface area contributed by atoms with Crippen LogP contribution in [0.15, 0.2) is 47.3 Å². The lowest BCUT2D eigenvalue weighted by atomic mass is 10.1. The largest absolute Gasteiger partial charge is 0.469 e. The second kappa shape index (κ2) is 5.74. The van der Waals surface area contributed by atoms with E-state index < -0.39 is 0 Å². The van der Waals surface area contributed by atoms with Crippen molar-refractivity contribution in [3.63, 3.8) is 0 Å². The zero-order chi connectivity index (χ0) is 14.7. The summed E-state index contributed by atoms with van der Waals surface area (Å²) in [6, 6.07) is 8.43. The van der Waals surface area contributed by atoms with Gasteiger partial charge >= 0.3 is 0 Å². The van der Waals surface area contributed by atoms with Crippen LogP contribution < -0.4 is 5.32 Å². The summed E-state index contributed by atoms with van der Waals surface area (Å²) in [4.78, 5) is 0. The maximum Gasteiger partial charge on any atom is 0.146 e. The van der Waals surface area contributed by atoms with Gasteiger partial charge in [-0.1, -0.05) is 0 Å². The Morgan fingerprint density at radius 3 is 3.00 bits per heavy atom. The summed E-state index contributed by atoms with van der Waals surface area (Å²) >= 11 is 0. The van der Waals surface area contributed by atoms with Gasteiger partial charge in [-0.2, -0.15) is 0 Å². The van der Waals surface area contributed by atoms with Crippen molar-refractivity contribution in [1.29, 1.82) is 0 Å². The third-order valence-corrected chi connectivity index (χ3v) is 3.05. The van der Waals surface area contributed by atoms with Crippen molar-refractivity contribution in [3.8, 4) is 5.69 Å². The summed E-state index contributed by atoms with van der Waals surface area (Å²) < 4.78 is 20.7.